The molecule has 1 aliphatic rings. The van der Waals surface area contributed by atoms with E-state index in [4.69, 9.17) is 0 Å². The SMILES string of the molecule is CNC1CCN(C(=O)c2cc(NCc3c(C)cccc3C)c3[nH]c(C)c(C)c3c2)C1. The summed E-state index contributed by atoms with van der Waals surface area (Å²) in [5.74, 6) is 0.114. The number of fused-ring (bicyclic) bond motifs is 1. The number of aromatic amines is 1. The van der Waals surface area contributed by atoms with Gasteiger partial charge in [-0.25, -0.2) is 0 Å². The smallest absolute Gasteiger partial charge is 0.254 e. The molecule has 2 aromatic carbocycles. The van der Waals surface area contributed by atoms with Crippen LogP contribution in [0.4, 0.5) is 5.69 Å². The van der Waals surface area contributed by atoms with Gasteiger partial charge in [-0.15, -0.1) is 0 Å². The van der Waals surface area contributed by atoms with Crippen molar-refractivity contribution in [2.75, 3.05) is 25.5 Å². The minimum Gasteiger partial charge on any atom is -0.379 e. The van der Waals surface area contributed by atoms with Crippen LogP contribution in [-0.2, 0) is 6.54 Å². The number of likely N-dealkylation sites (N-methyl/N-ethyl adjacent to an activating group) is 1. The molecule has 1 atom stereocenters. The van der Waals surface area contributed by atoms with Gasteiger partial charge in [-0.1, -0.05) is 18.2 Å². The molecule has 0 saturated carbocycles. The number of aromatic nitrogens is 1. The average Bonchev–Trinajstić information content (AvgIpc) is 3.32. The molecule has 1 amide bonds. The van der Waals surface area contributed by atoms with Crippen LogP contribution in [0.15, 0.2) is 30.3 Å². The standard InChI is InChI=1S/C25H32N4O/c1-15-7-6-8-16(2)22(15)13-27-23-12-19(11-21-17(3)18(4)28-24(21)23)25(30)29-10-9-20(14-29)26-5/h6-8,11-12,20,26-28H,9-10,13-14H2,1-5H3. The zero-order valence-corrected chi connectivity index (χ0v) is 18.6. The number of aryl methyl sites for hydroxylation is 4. The Balaban J connectivity index is 1.69. The summed E-state index contributed by atoms with van der Waals surface area (Å²) in [6.07, 6.45) is 1.00. The molecule has 1 aliphatic heterocycles. The first kappa shape index (κ1) is 20.5. The summed E-state index contributed by atoms with van der Waals surface area (Å²) in [4.78, 5) is 18.7. The second-order valence-electron chi connectivity index (χ2n) is 8.57. The number of carbonyl (C=O) groups excluding carboxylic acids is 1. The number of likely N-dealkylation sites (tertiary alicyclic amines) is 1. The Bertz CT molecular complexity index is 1080. The first-order valence-electron chi connectivity index (χ1n) is 10.8. The highest BCUT2D eigenvalue weighted by Crippen LogP contribution is 2.31. The number of H-pyrrole nitrogens is 1. The number of benzene rings is 2. The summed E-state index contributed by atoms with van der Waals surface area (Å²) < 4.78 is 0. The van der Waals surface area contributed by atoms with Crippen molar-refractivity contribution in [3.05, 3.63) is 63.8 Å². The Hall–Kier alpha value is -2.79. The molecule has 30 heavy (non-hydrogen) atoms. The Labute approximate surface area is 178 Å². The number of amides is 1. The third kappa shape index (κ3) is 3.70. The van der Waals surface area contributed by atoms with E-state index in [1.54, 1.807) is 0 Å². The molecule has 0 bridgehead atoms. The summed E-state index contributed by atoms with van der Waals surface area (Å²) in [5, 5.41) is 8.03. The molecule has 158 valence electrons. The van der Waals surface area contributed by atoms with Gasteiger partial charge in [0.15, 0.2) is 0 Å². The van der Waals surface area contributed by atoms with Crippen LogP contribution in [0, 0.1) is 27.7 Å². The van der Waals surface area contributed by atoms with Crippen molar-refractivity contribution in [2.45, 2.75) is 46.7 Å². The van der Waals surface area contributed by atoms with E-state index in [9.17, 15) is 4.79 Å². The topological polar surface area (TPSA) is 60.2 Å². The maximum Gasteiger partial charge on any atom is 0.254 e. The van der Waals surface area contributed by atoms with Gasteiger partial charge < -0.3 is 20.5 Å². The van der Waals surface area contributed by atoms with E-state index in [0.29, 0.717) is 6.04 Å². The number of rotatable bonds is 5. The fraction of sp³-hybridized carbons (Fsp3) is 0.400. The predicted octanol–water partition coefficient (Wildman–Crippen LogP) is 4.45. The van der Waals surface area contributed by atoms with E-state index < -0.39 is 0 Å². The monoisotopic (exact) mass is 404 g/mol. The Morgan fingerprint density at radius 2 is 1.90 bits per heavy atom. The minimum absolute atomic E-state index is 0.114. The van der Waals surface area contributed by atoms with Gasteiger partial charge in [-0.2, -0.15) is 0 Å². The number of anilines is 1. The van der Waals surface area contributed by atoms with Crippen LogP contribution < -0.4 is 10.6 Å². The van der Waals surface area contributed by atoms with Crippen LogP contribution in [0.3, 0.4) is 0 Å². The van der Waals surface area contributed by atoms with Crippen LogP contribution in [0.1, 0.15) is 44.7 Å². The normalized spacial score (nSPS) is 16.4. The maximum absolute atomic E-state index is 13.3. The fourth-order valence-corrected chi connectivity index (χ4v) is 4.49. The van der Waals surface area contributed by atoms with Crippen LogP contribution in [0.2, 0.25) is 0 Å². The lowest BCUT2D eigenvalue weighted by Crippen LogP contribution is -2.33. The molecule has 0 radical (unpaired) electrons. The highest BCUT2D eigenvalue weighted by molar-refractivity contribution is 6.03. The van der Waals surface area contributed by atoms with Crippen LogP contribution in [0.25, 0.3) is 10.9 Å². The molecule has 1 fully saturated rings. The third-order valence-corrected chi connectivity index (χ3v) is 6.65. The summed E-state index contributed by atoms with van der Waals surface area (Å²) in [5.41, 5.74) is 9.01. The second kappa shape index (κ2) is 8.15. The molecule has 1 aromatic heterocycles. The van der Waals surface area contributed by atoms with Crippen molar-refractivity contribution in [3.8, 4) is 0 Å². The van der Waals surface area contributed by atoms with E-state index in [0.717, 1.165) is 53.9 Å². The number of hydrogen-bond acceptors (Lipinski definition) is 3. The minimum atomic E-state index is 0.114. The Morgan fingerprint density at radius 1 is 1.17 bits per heavy atom. The van der Waals surface area contributed by atoms with Crippen molar-refractivity contribution >= 4 is 22.5 Å². The molecule has 5 heteroatoms. The van der Waals surface area contributed by atoms with Crippen molar-refractivity contribution in [2.24, 2.45) is 0 Å². The van der Waals surface area contributed by atoms with Gasteiger partial charge in [0, 0.05) is 42.3 Å². The molecule has 3 aromatic rings. The maximum atomic E-state index is 13.3. The largest absolute Gasteiger partial charge is 0.379 e. The molecule has 1 unspecified atom stereocenters. The quantitative estimate of drug-likeness (QED) is 0.589. The lowest BCUT2D eigenvalue weighted by atomic mass is 10.0. The van der Waals surface area contributed by atoms with Gasteiger partial charge in [0.1, 0.15) is 0 Å². The lowest BCUT2D eigenvalue weighted by Gasteiger charge is -2.18. The summed E-state index contributed by atoms with van der Waals surface area (Å²) in [6.45, 7) is 10.8. The molecule has 5 nitrogen and oxygen atoms in total. The van der Waals surface area contributed by atoms with Gasteiger partial charge in [-0.05, 0) is 75.5 Å². The highest BCUT2D eigenvalue weighted by atomic mass is 16.2. The Morgan fingerprint density at radius 3 is 2.57 bits per heavy atom. The van der Waals surface area contributed by atoms with Crippen LogP contribution in [0.5, 0.6) is 0 Å². The molecule has 4 rings (SSSR count). The van der Waals surface area contributed by atoms with E-state index in [-0.39, 0.29) is 5.91 Å². The van der Waals surface area contributed by atoms with E-state index >= 15 is 0 Å². The zero-order chi connectivity index (χ0) is 21.4. The van der Waals surface area contributed by atoms with E-state index in [1.165, 1.54) is 22.3 Å². The summed E-state index contributed by atoms with van der Waals surface area (Å²) in [6, 6.07) is 10.8. The number of nitrogens with one attached hydrogen (secondary N) is 3. The summed E-state index contributed by atoms with van der Waals surface area (Å²) in [7, 11) is 1.96. The number of nitrogens with zero attached hydrogens (tertiary/aromatic N) is 1. The van der Waals surface area contributed by atoms with Crippen molar-refractivity contribution < 1.29 is 4.79 Å². The van der Waals surface area contributed by atoms with Crippen LogP contribution >= 0.6 is 0 Å². The molecule has 0 aliphatic carbocycles. The fourth-order valence-electron chi connectivity index (χ4n) is 4.49. The first-order valence-corrected chi connectivity index (χ1v) is 10.8. The summed E-state index contributed by atoms with van der Waals surface area (Å²) >= 11 is 0. The van der Waals surface area contributed by atoms with E-state index in [2.05, 4.69) is 61.5 Å². The van der Waals surface area contributed by atoms with Crippen molar-refractivity contribution in [1.82, 2.24) is 15.2 Å². The second-order valence-corrected chi connectivity index (χ2v) is 8.57. The number of hydrogen-bond donors (Lipinski definition) is 3. The zero-order valence-electron chi connectivity index (χ0n) is 18.6. The average molecular weight is 405 g/mol. The van der Waals surface area contributed by atoms with Gasteiger partial charge in [0.05, 0.1) is 11.2 Å². The van der Waals surface area contributed by atoms with E-state index in [1.807, 2.05) is 24.1 Å². The lowest BCUT2D eigenvalue weighted by molar-refractivity contribution is 0.0790. The van der Waals surface area contributed by atoms with Gasteiger partial charge in [0.25, 0.3) is 5.91 Å². The highest BCUT2D eigenvalue weighted by Gasteiger charge is 2.26. The molecule has 2 heterocycles. The Kier molecular flexibility index (Phi) is 5.56. The van der Waals surface area contributed by atoms with Crippen molar-refractivity contribution in [1.29, 1.82) is 0 Å². The van der Waals surface area contributed by atoms with Crippen molar-refractivity contribution in [3.63, 3.8) is 0 Å². The third-order valence-electron chi connectivity index (χ3n) is 6.65. The molecule has 3 N–H and O–H groups in total. The molecular formula is C25H32N4O. The van der Waals surface area contributed by atoms with Gasteiger partial charge in [0.2, 0.25) is 0 Å². The van der Waals surface area contributed by atoms with Crippen LogP contribution in [-0.4, -0.2) is 42.0 Å². The first-order chi connectivity index (χ1) is 14.4. The van der Waals surface area contributed by atoms with Gasteiger partial charge in [-0.3, -0.25) is 4.79 Å². The number of carbonyl (C=O) groups is 1. The molecular weight excluding hydrogens is 372 g/mol. The predicted molar refractivity (Wildman–Crippen MR) is 124 cm³/mol. The molecule has 0 spiro atoms. The van der Waals surface area contributed by atoms with Gasteiger partial charge >= 0.3 is 0 Å². The molecule has 1 saturated heterocycles.